The van der Waals surface area contributed by atoms with Crippen LogP contribution in [0.5, 0.6) is 0 Å². The Bertz CT molecular complexity index is 374. The summed E-state index contributed by atoms with van der Waals surface area (Å²) in [5, 5.41) is 20.4. The average Bonchev–Trinajstić information content (AvgIpc) is 2.30. The maximum Gasteiger partial charge on any atom is 0.101 e. The molecule has 0 unspecified atom stereocenters. The van der Waals surface area contributed by atoms with Crippen LogP contribution in [0.25, 0.3) is 0 Å². The molecule has 4 N–H and O–H groups in total. The number of nitrogen functional groups attached to an aromatic ring is 1. The Morgan fingerprint density at radius 3 is 2.94 bits per heavy atom. The number of nitriles is 1. The minimum Gasteiger partial charge on any atom is -0.399 e. The second-order valence-electron chi connectivity index (χ2n) is 3.18. The first kappa shape index (κ1) is 12.3. The highest BCUT2D eigenvalue weighted by atomic mass is 16.5. The second-order valence-corrected chi connectivity index (χ2v) is 3.18. The average molecular weight is 221 g/mol. The van der Waals surface area contributed by atoms with Gasteiger partial charge in [-0.2, -0.15) is 5.26 Å². The zero-order valence-electron chi connectivity index (χ0n) is 8.94. The molecule has 0 spiro atoms. The SMILES string of the molecule is N#Cc1cc(N)ccc1NCCOCCO. The standard InChI is InChI=1S/C11H15N3O2/c12-8-9-7-10(13)1-2-11(9)14-3-5-16-6-4-15/h1-2,7,14-15H,3-6,13H2. The van der Waals surface area contributed by atoms with Gasteiger partial charge >= 0.3 is 0 Å². The fourth-order valence-corrected chi connectivity index (χ4v) is 1.23. The highest BCUT2D eigenvalue weighted by Gasteiger charge is 2.01. The summed E-state index contributed by atoms with van der Waals surface area (Å²) in [7, 11) is 0. The van der Waals surface area contributed by atoms with E-state index in [1.165, 1.54) is 0 Å². The number of hydrogen-bond donors (Lipinski definition) is 3. The number of nitrogens with zero attached hydrogens (tertiary/aromatic N) is 1. The number of nitrogens with two attached hydrogens (primary N) is 1. The number of ether oxygens (including phenoxy) is 1. The summed E-state index contributed by atoms with van der Waals surface area (Å²) in [6.45, 7) is 1.41. The van der Waals surface area contributed by atoms with Crippen molar-refractivity contribution in [3.05, 3.63) is 23.8 Å². The fraction of sp³-hybridized carbons (Fsp3) is 0.364. The fourth-order valence-electron chi connectivity index (χ4n) is 1.23. The Hall–Kier alpha value is -1.77. The van der Waals surface area contributed by atoms with Gasteiger partial charge in [0.05, 0.1) is 31.1 Å². The molecule has 1 aromatic carbocycles. The van der Waals surface area contributed by atoms with E-state index in [9.17, 15) is 0 Å². The molecule has 0 radical (unpaired) electrons. The topological polar surface area (TPSA) is 91.3 Å². The van der Waals surface area contributed by atoms with Crippen LogP contribution in [-0.4, -0.2) is 31.5 Å². The summed E-state index contributed by atoms with van der Waals surface area (Å²) in [4.78, 5) is 0. The first-order valence-corrected chi connectivity index (χ1v) is 5.00. The molecule has 5 nitrogen and oxygen atoms in total. The lowest BCUT2D eigenvalue weighted by molar-refractivity contribution is 0.0992. The molecule has 0 fully saturated rings. The van der Waals surface area contributed by atoms with E-state index in [1.54, 1.807) is 18.2 Å². The Labute approximate surface area is 94.4 Å². The summed E-state index contributed by atoms with van der Waals surface area (Å²) < 4.78 is 5.08. The molecule has 5 heteroatoms. The molecule has 86 valence electrons. The van der Waals surface area contributed by atoms with Crippen molar-refractivity contribution in [1.82, 2.24) is 0 Å². The van der Waals surface area contributed by atoms with Crippen LogP contribution in [0, 0.1) is 11.3 Å². The highest BCUT2D eigenvalue weighted by molar-refractivity contribution is 5.62. The van der Waals surface area contributed by atoms with E-state index >= 15 is 0 Å². The predicted molar refractivity (Wildman–Crippen MR) is 62.0 cm³/mol. The van der Waals surface area contributed by atoms with Crippen LogP contribution in [0.3, 0.4) is 0 Å². The van der Waals surface area contributed by atoms with Gasteiger partial charge in [0.2, 0.25) is 0 Å². The van der Waals surface area contributed by atoms with Crippen molar-refractivity contribution in [2.45, 2.75) is 0 Å². The minimum absolute atomic E-state index is 0.0192. The quantitative estimate of drug-likeness (QED) is 0.482. The van der Waals surface area contributed by atoms with Crippen molar-refractivity contribution < 1.29 is 9.84 Å². The van der Waals surface area contributed by atoms with E-state index < -0.39 is 0 Å². The van der Waals surface area contributed by atoms with E-state index in [0.717, 1.165) is 5.69 Å². The van der Waals surface area contributed by atoms with Gasteiger partial charge in [0.15, 0.2) is 0 Å². The molecule has 0 amide bonds. The molecule has 0 aromatic heterocycles. The Morgan fingerprint density at radius 2 is 2.25 bits per heavy atom. The summed E-state index contributed by atoms with van der Waals surface area (Å²) in [5.41, 5.74) is 7.39. The third-order valence-electron chi connectivity index (χ3n) is 1.96. The number of aliphatic hydroxyl groups excluding tert-OH is 1. The molecular weight excluding hydrogens is 206 g/mol. The van der Waals surface area contributed by atoms with Crippen LogP contribution in [0.1, 0.15) is 5.56 Å². The maximum absolute atomic E-state index is 8.87. The van der Waals surface area contributed by atoms with Gasteiger partial charge in [-0.25, -0.2) is 0 Å². The highest BCUT2D eigenvalue weighted by Crippen LogP contribution is 2.17. The number of benzene rings is 1. The zero-order valence-corrected chi connectivity index (χ0v) is 8.94. The maximum atomic E-state index is 8.87. The third-order valence-corrected chi connectivity index (χ3v) is 1.96. The third kappa shape index (κ3) is 3.77. The Balaban J connectivity index is 2.45. The largest absolute Gasteiger partial charge is 0.399 e. The molecule has 0 aliphatic heterocycles. The number of aliphatic hydroxyl groups is 1. The van der Waals surface area contributed by atoms with E-state index in [2.05, 4.69) is 11.4 Å². The van der Waals surface area contributed by atoms with Gasteiger partial charge in [0, 0.05) is 12.2 Å². The minimum atomic E-state index is 0.0192. The molecule has 0 saturated heterocycles. The lowest BCUT2D eigenvalue weighted by Crippen LogP contribution is -2.12. The van der Waals surface area contributed by atoms with E-state index in [4.69, 9.17) is 20.8 Å². The van der Waals surface area contributed by atoms with Gasteiger partial charge in [-0.05, 0) is 18.2 Å². The van der Waals surface area contributed by atoms with Crippen LogP contribution < -0.4 is 11.1 Å². The predicted octanol–water partition coefficient (Wildman–Crippen LogP) is 0.561. The Kier molecular flexibility index (Phi) is 5.12. The van der Waals surface area contributed by atoms with Gasteiger partial charge in [0.1, 0.15) is 6.07 Å². The van der Waals surface area contributed by atoms with E-state index in [1.807, 2.05) is 0 Å². The van der Waals surface area contributed by atoms with Gasteiger partial charge in [-0.1, -0.05) is 0 Å². The van der Waals surface area contributed by atoms with Crippen LogP contribution in [0.2, 0.25) is 0 Å². The van der Waals surface area contributed by atoms with Crippen LogP contribution in [0.15, 0.2) is 18.2 Å². The summed E-state index contributed by atoms with van der Waals surface area (Å²) in [6.07, 6.45) is 0. The number of anilines is 2. The molecule has 1 rings (SSSR count). The molecule has 0 bridgehead atoms. The summed E-state index contributed by atoms with van der Waals surface area (Å²) in [6, 6.07) is 7.18. The molecule has 0 heterocycles. The number of hydrogen-bond acceptors (Lipinski definition) is 5. The van der Waals surface area contributed by atoms with Crippen molar-refractivity contribution in [2.75, 3.05) is 37.4 Å². The molecule has 0 saturated carbocycles. The molecule has 0 atom stereocenters. The van der Waals surface area contributed by atoms with Crippen molar-refractivity contribution >= 4 is 11.4 Å². The van der Waals surface area contributed by atoms with Crippen LogP contribution in [0.4, 0.5) is 11.4 Å². The first-order chi connectivity index (χ1) is 7.77. The van der Waals surface area contributed by atoms with Crippen molar-refractivity contribution in [1.29, 1.82) is 5.26 Å². The Morgan fingerprint density at radius 1 is 1.44 bits per heavy atom. The monoisotopic (exact) mass is 221 g/mol. The van der Waals surface area contributed by atoms with Crippen molar-refractivity contribution in [2.24, 2.45) is 0 Å². The molecular formula is C11H15N3O2. The zero-order chi connectivity index (χ0) is 11.8. The summed E-state index contributed by atoms with van der Waals surface area (Å²) >= 11 is 0. The molecule has 0 aliphatic rings. The summed E-state index contributed by atoms with van der Waals surface area (Å²) in [5.74, 6) is 0. The van der Waals surface area contributed by atoms with Gasteiger partial charge in [-0.3, -0.25) is 0 Å². The first-order valence-electron chi connectivity index (χ1n) is 5.00. The second kappa shape index (κ2) is 6.67. The molecule has 0 aliphatic carbocycles. The van der Waals surface area contributed by atoms with E-state index in [-0.39, 0.29) is 6.61 Å². The van der Waals surface area contributed by atoms with Crippen LogP contribution in [-0.2, 0) is 4.74 Å². The van der Waals surface area contributed by atoms with Crippen molar-refractivity contribution in [3.63, 3.8) is 0 Å². The van der Waals surface area contributed by atoms with E-state index in [0.29, 0.717) is 31.0 Å². The molecule has 16 heavy (non-hydrogen) atoms. The smallest absolute Gasteiger partial charge is 0.101 e. The van der Waals surface area contributed by atoms with Gasteiger partial charge < -0.3 is 20.9 Å². The lowest BCUT2D eigenvalue weighted by atomic mass is 10.2. The number of nitrogens with one attached hydrogen (secondary N) is 1. The number of rotatable bonds is 6. The van der Waals surface area contributed by atoms with Gasteiger partial charge in [-0.15, -0.1) is 0 Å². The normalized spacial score (nSPS) is 9.75. The van der Waals surface area contributed by atoms with Gasteiger partial charge in [0.25, 0.3) is 0 Å². The lowest BCUT2D eigenvalue weighted by Gasteiger charge is -2.08. The van der Waals surface area contributed by atoms with Crippen LogP contribution >= 0.6 is 0 Å². The molecule has 1 aromatic rings. The van der Waals surface area contributed by atoms with Crippen molar-refractivity contribution in [3.8, 4) is 6.07 Å².